The number of halogens is 1. The molecule has 0 saturated carbocycles. The summed E-state index contributed by atoms with van der Waals surface area (Å²) >= 11 is 7.28. The quantitative estimate of drug-likeness (QED) is 0.623. The Morgan fingerprint density at radius 2 is 2.11 bits per heavy atom. The number of nitrogens with zero attached hydrogens (tertiary/aromatic N) is 3. The molecule has 0 amide bonds. The number of nitrogens with two attached hydrogens (primary N) is 1. The lowest BCUT2D eigenvalue weighted by atomic mass is 10.1. The number of aliphatic imine (C=N–C) groups is 1. The minimum atomic E-state index is -0.252. The van der Waals surface area contributed by atoms with E-state index in [0.29, 0.717) is 22.2 Å². The van der Waals surface area contributed by atoms with Crippen LogP contribution in [-0.4, -0.2) is 20.2 Å². The van der Waals surface area contributed by atoms with Crippen LogP contribution >= 0.6 is 23.3 Å². The van der Waals surface area contributed by atoms with Crippen LogP contribution in [0.4, 0.5) is 5.69 Å². The van der Waals surface area contributed by atoms with E-state index >= 15 is 0 Å². The van der Waals surface area contributed by atoms with Crippen molar-refractivity contribution in [2.45, 2.75) is 26.3 Å². The topological polar surface area (TPSA) is 76.2 Å². The highest BCUT2D eigenvalue weighted by Gasteiger charge is 2.13. The average molecular weight is 284 g/mol. The standard InChI is InChI=1S/C11H14ClN5S/c1-11(2,3)15-10(13)14-8-6(12)4-5-7-9(8)17-18-16-7/h4-5H,1-3H3,(H3,13,14,15). The van der Waals surface area contributed by atoms with Gasteiger partial charge < -0.3 is 11.1 Å². The Hall–Kier alpha value is -1.40. The number of guanidine groups is 1. The summed E-state index contributed by atoms with van der Waals surface area (Å²) in [6, 6.07) is 3.58. The molecule has 2 rings (SSSR count). The molecule has 18 heavy (non-hydrogen) atoms. The lowest BCUT2D eigenvalue weighted by Crippen LogP contribution is -2.27. The summed E-state index contributed by atoms with van der Waals surface area (Å²) in [6.45, 7) is 5.90. The molecule has 1 heterocycles. The van der Waals surface area contributed by atoms with E-state index in [-0.39, 0.29) is 5.54 Å². The van der Waals surface area contributed by atoms with Gasteiger partial charge in [-0.25, -0.2) is 4.99 Å². The van der Waals surface area contributed by atoms with E-state index in [4.69, 9.17) is 17.3 Å². The molecule has 0 radical (unpaired) electrons. The van der Waals surface area contributed by atoms with Crippen molar-refractivity contribution < 1.29 is 0 Å². The van der Waals surface area contributed by atoms with Crippen molar-refractivity contribution in [1.29, 1.82) is 0 Å². The van der Waals surface area contributed by atoms with Crippen LogP contribution in [0.25, 0.3) is 11.0 Å². The van der Waals surface area contributed by atoms with Crippen LogP contribution < -0.4 is 11.1 Å². The van der Waals surface area contributed by atoms with E-state index in [2.05, 4.69) is 19.1 Å². The van der Waals surface area contributed by atoms with Gasteiger partial charge in [0.2, 0.25) is 0 Å². The molecule has 0 spiro atoms. The second-order valence-electron chi connectivity index (χ2n) is 4.85. The number of hydrogen-bond acceptors (Lipinski definition) is 4. The number of rotatable bonds is 1. The van der Waals surface area contributed by atoms with Crippen LogP contribution in [-0.2, 0) is 0 Å². The predicted octanol–water partition coefficient (Wildman–Crippen LogP) is 2.87. The summed E-state index contributed by atoms with van der Waals surface area (Å²) < 4.78 is 8.36. The number of hydrogen-bond donors (Lipinski definition) is 2. The zero-order valence-corrected chi connectivity index (χ0v) is 11.9. The summed E-state index contributed by atoms with van der Waals surface area (Å²) in [5.74, 6) is 0.310. The number of anilines is 1. The van der Waals surface area contributed by atoms with E-state index < -0.39 is 0 Å². The maximum Gasteiger partial charge on any atom is 0.193 e. The molecule has 2 aromatic rings. The van der Waals surface area contributed by atoms with Crippen molar-refractivity contribution in [3.8, 4) is 0 Å². The van der Waals surface area contributed by atoms with Crippen LogP contribution in [0, 0.1) is 0 Å². The van der Waals surface area contributed by atoms with Gasteiger partial charge in [0.15, 0.2) is 5.96 Å². The minimum Gasteiger partial charge on any atom is -0.370 e. The van der Waals surface area contributed by atoms with Gasteiger partial charge in [0, 0.05) is 0 Å². The molecule has 0 unspecified atom stereocenters. The van der Waals surface area contributed by atoms with Crippen LogP contribution in [0.2, 0.25) is 5.02 Å². The summed E-state index contributed by atoms with van der Waals surface area (Å²) in [5, 5.41) is 3.54. The highest BCUT2D eigenvalue weighted by molar-refractivity contribution is 7.00. The van der Waals surface area contributed by atoms with Gasteiger partial charge in [0.1, 0.15) is 11.0 Å². The van der Waals surface area contributed by atoms with Gasteiger partial charge in [-0.1, -0.05) is 11.6 Å². The van der Waals surface area contributed by atoms with Crippen molar-refractivity contribution >= 4 is 46.0 Å². The molecule has 0 aliphatic rings. The maximum atomic E-state index is 6.14. The smallest absolute Gasteiger partial charge is 0.193 e. The molecular formula is C11H14ClN5S. The Balaban J connectivity index is 2.40. The molecule has 0 fully saturated rings. The third kappa shape index (κ3) is 2.88. The molecule has 7 heteroatoms. The van der Waals surface area contributed by atoms with Crippen LogP contribution in [0.1, 0.15) is 20.8 Å². The van der Waals surface area contributed by atoms with Crippen molar-refractivity contribution in [3.63, 3.8) is 0 Å². The van der Waals surface area contributed by atoms with Gasteiger partial charge in [-0.15, -0.1) is 0 Å². The molecule has 0 aliphatic heterocycles. The third-order valence-electron chi connectivity index (χ3n) is 2.09. The summed E-state index contributed by atoms with van der Waals surface area (Å²) in [5.41, 5.74) is 7.75. The molecule has 3 N–H and O–H groups in total. The zero-order chi connectivity index (χ0) is 13.3. The van der Waals surface area contributed by atoms with Gasteiger partial charge in [-0.2, -0.15) is 8.75 Å². The van der Waals surface area contributed by atoms with Crippen molar-refractivity contribution in [1.82, 2.24) is 8.75 Å². The average Bonchev–Trinajstić information content (AvgIpc) is 2.67. The first kappa shape index (κ1) is 13.0. The second kappa shape index (κ2) is 4.70. The fourth-order valence-electron chi connectivity index (χ4n) is 1.46. The van der Waals surface area contributed by atoms with Crippen molar-refractivity contribution in [2.24, 2.45) is 10.7 Å². The van der Waals surface area contributed by atoms with E-state index in [1.165, 1.54) is 0 Å². The fraction of sp³-hybridized carbons (Fsp3) is 0.364. The highest BCUT2D eigenvalue weighted by atomic mass is 35.5. The normalized spacial score (nSPS) is 13.0. The highest BCUT2D eigenvalue weighted by Crippen LogP contribution is 2.29. The van der Waals surface area contributed by atoms with Crippen LogP contribution in [0.3, 0.4) is 0 Å². The molecule has 1 aromatic heterocycles. The molecule has 0 bridgehead atoms. The molecule has 0 aliphatic carbocycles. The molecule has 5 nitrogen and oxygen atoms in total. The van der Waals surface area contributed by atoms with Gasteiger partial charge in [0.05, 0.1) is 28.0 Å². The summed E-state index contributed by atoms with van der Waals surface area (Å²) in [6.07, 6.45) is 0. The predicted molar refractivity (Wildman–Crippen MR) is 77.4 cm³/mol. The van der Waals surface area contributed by atoms with E-state index in [1.807, 2.05) is 26.8 Å². The maximum absolute atomic E-state index is 6.14. The van der Waals surface area contributed by atoms with Crippen LogP contribution in [0.15, 0.2) is 17.1 Å². The number of benzene rings is 1. The van der Waals surface area contributed by atoms with E-state index in [1.54, 1.807) is 6.07 Å². The monoisotopic (exact) mass is 283 g/mol. The Labute approximate surface area is 114 Å². The Morgan fingerprint density at radius 3 is 2.78 bits per heavy atom. The minimum absolute atomic E-state index is 0.252. The van der Waals surface area contributed by atoms with Crippen molar-refractivity contribution in [2.75, 3.05) is 5.32 Å². The van der Waals surface area contributed by atoms with E-state index in [0.717, 1.165) is 17.2 Å². The first-order chi connectivity index (χ1) is 8.37. The van der Waals surface area contributed by atoms with Crippen molar-refractivity contribution in [3.05, 3.63) is 17.2 Å². The number of fused-ring (bicyclic) bond motifs is 1. The number of nitrogens with one attached hydrogen (secondary N) is 1. The SMILES string of the molecule is CC(C)(C)N=C(N)Nc1c(Cl)ccc2nsnc12. The lowest BCUT2D eigenvalue weighted by molar-refractivity contribution is 0.583. The second-order valence-corrected chi connectivity index (χ2v) is 5.78. The van der Waals surface area contributed by atoms with Gasteiger partial charge >= 0.3 is 0 Å². The third-order valence-corrected chi connectivity index (χ3v) is 2.94. The molecule has 0 saturated heterocycles. The fourth-order valence-corrected chi connectivity index (χ4v) is 2.21. The Morgan fingerprint density at radius 1 is 1.39 bits per heavy atom. The zero-order valence-electron chi connectivity index (χ0n) is 10.4. The number of aromatic nitrogens is 2. The molecular weight excluding hydrogens is 270 g/mol. The van der Waals surface area contributed by atoms with Gasteiger partial charge in [-0.05, 0) is 32.9 Å². The van der Waals surface area contributed by atoms with Crippen LogP contribution in [0.5, 0.6) is 0 Å². The summed E-state index contributed by atoms with van der Waals surface area (Å²) in [4.78, 5) is 4.32. The molecule has 96 valence electrons. The van der Waals surface area contributed by atoms with Gasteiger partial charge in [0.25, 0.3) is 0 Å². The molecule has 1 aromatic carbocycles. The van der Waals surface area contributed by atoms with Gasteiger partial charge in [-0.3, -0.25) is 0 Å². The Bertz CT molecular complexity index is 599. The Kier molecular flexibility index (Phi) is 3.41. The first-order valence-electron chi connectivity index (χ1n) is 5.40. The molecule has 0 atom stereocenters. The first-order valence-corrected chi connectivity index (χ1v) is 6.51. The van der Waals surface area contributed by atoms with E-state index in [9.17, 15) is 0 Å². The lowest BCUT2D eigenvalue weighted by Gasteiger charge is -2.15. The largest absolute Gasteiger partial charge is 0.370 e. The summed E-state index contributed by atoms with van der Waals surface area (Å²) in [7, 11) is 0.